The highest BCUT2D eigenvalue weighted by molar-refractivity contribution is 8.03. The molecule has 0 unspecified atom stereocenters. The molecule has 0 saturated heterocycles. The molecule has 2 N–H and O–H groups in total. The fourth-order valence-corrected chi connectivity index (χ4v) is 4.93. The molecule has 0 aliphatic heterocycles. The van der Waals surface area contributed by atoms with Gasteiger partial charge in [-0.1, -0.05) is 77.3 Å². The van der Waals surface area contributed by atoms with Crippen molar-refractivity contribution in [1.29, 1.82) is 0 Å². The van der Waals surface area contributed by atoms with Gasteiger partial charge in [0.25, 0.3) is 0 Å². The predicted molar refractivity (Wildman–Crippen MR) is 108 cm³/mol. The van der Waals surface area contributed by atoms with E-state index >= 15 is 0 Å². The fourth-order valence-electron chi connectivity index (χ4n) is 1.87. The molecule has 0 aliphatic rings. The summed E-state index contributed by atoms with van der Waals surface area (Å²) in [4.78, 5) is 24.3. The summed E-state index contributed by atoms with van der Waals surface area (Å²) in [5, 5.41) is 12.6. The second kappa shape index (κ2) is 10.3. The van der Waals surface area contributed by atoms with E-state index in [1.807, 2.05) is 37.3 Å². The number of benzene rings is 1. The summed E-state index contributed by atoms with van der Waals surface area (Å²) in [6.45, 7) is 8.07. The molecule has 1 atom stereocenters. The van der Waals surface area contributed by atoms with Gasteiger partial charge in [-0.05, 0) is 19.4 Å². The van der Waals surface area contributed by atoms with Crippen LogP contribution in [-0.4, -0.2) is 34.4 Å². The van der Waals surface area contributed by atoms with Gasteiger partial charge in [-0.25, -0.2) is 4.79 Å². The Labute approximate surface area is 165 Å². The van der Waals surface area contributed by atoms with Crippen LogP contribution in [0.4, 0.5) is 4.79 Å². The topological polar surface area (TPSA) is 84.0 Å². The lowest BCUT2D eigenvalue weighted by Crippen LogP contribution is -2.41. The highest BCUT2D eigenvalue weighted by Gasteiger charge is 2.25. The van der Waals surface area contributed by atoms with Crippen LogP contribution in [0.25, 0.3) is 0 Å². The molecule has 1 aromatic heterocycles. The van der Waals surface area contributed by atoms with Gasteiger partial charge in [0.15, 0.2) is 8.68 Å². The van der Waals surface area contributed by atoms with Gasteiger partial charge in [-0.15, -0.1) is 10.2 Å². The first kappa shape index (κ1) is 20.5. The normalized spacial score (nSPS) is 11.6. The van der Waals surface area contributed by atoms with E-state index in [1.54, 1.807) is 18.7 Å². The number of rotatable bonds is 8. The summed E-state index contributed by atoms with van der Waals surface area (Å²) in [7, 11) is 0. The first-order chi connectivity index (χ1) is 12.5. The second-order valence-corrected chi connectivity index (χ2v) is 8.89. The third-order valence-corrected chi connectivity index (χ3v) is 6.59. The molecule has 0 aliphatic carbocycles. The van der Waals surface area contributed by atoms with Crippen LogP contribution in [0.5, 0.6) is 0 Å². The lowest BCUT2D eigenvalue weighted by molar-refractivity contribution is -0.119. The molecule has 2 rings (SSSR count). The van der Waals surface area contributed by atoms with Crippen molar-refractivity contribution < 1.29 is 9.59 Å². The average molecular weight is 409 g/mol. The van der Waals surface area contributed by atoms with Crippen LogP contribution in [-0.2, 0) is 4.79 Å². The molecule has 1 aromatic carbocycles. The van der Waals surface area contributed by atoms with E-state index in [-0.39, 0.29) is 0 Å². The summed E-state index contributed by atoms with van der Waals surface area (Å²) >= 11 is 4.27. The van der Waals surface area contributed by atoms with E-state index in [1.165, 1.54) is 23.1 Å². The van der Waals surface area contributed by atoms with Crippen LogP contribution >= 0.6 is 34.9 Å². The van der Waals surface area contributed by atoms with Gasteiger partial charge in [0.05, 0.1) is 0 Å². The van der Waals surface area contributed by atoms with E-state index in [0.717, 1.165) is 21.2 Å². The van der Waals surface area contributed by atoms with Crippen molar-refractivity contribution >= 4 is 46.8 Å². The molecule has 1 heterocycles. The largest absolute Gasteiger partial charge is 0.338 e. The number of urea groups is 1. The molecule has 9 heteroatoms. The second-order valence-electron chi connectivity index (χ2n) is 5.34. The van der Waals surface area contributed by atoms with Crippen LogP contribution in [0.2, 0.25) is 0 Å². The Morgan fingerprint density at radius 3 is 2.58 bits per heavy atom. The quantitative estimate of drug-likeness (QED) is 0.509. The number of aromatic nitrogens is 2. The van der Waals surface area contributed by atoms with E-state index in [2.05, 4.69) is 27.4 Å². The number of amides is 3. The van der Waals surface area contributed by atoms with Crippen LogP contribution in [0.15, 0.2) is 51.2 Å². The molecule has 6 nitrogen and oxygen atoms in total. The molecule has 0 spiro atoms. The lowest BCUT2D eigenvalue weighted by atomic mass is 10.1. The first-order valence-electron chi connectivity index (χ1n) is 7.90. The summed E-state index contributed by atoms with van der Waals surface area (Å²) in [5.74, 6) is 0.387. The first-order valence-corrected chi connectivity index (χ1v) is 10.6. The van der Waals surface area contributed by atoms with E-state index < -0.39 is 17.2 Å². The fraction of sp³-hybridized carbons (Fsp3) is 0.294. The number of carbonyl (C=O) groups is 2. The highest BCUT2D eigenvalue weighted by atomic mass is 32.2. The predicted octanol–water partition coefficient (Wildman–Crippen LogP) is 3.89. The van der Waals surface area contributed by atoms with Crippen molar-refractivity contribution in [2.75, 3.05) is 12.3 Å². The van der Waals surface area contributed by atoms with Crippen molar-refractivity contribution in [3.63, 3.8) is 0 Å². The molecular weight excluding hydrogens is 388 g/mol. The van der Waals surface area contributed by atoms with Gasteiger partial charge >= 0.3 is 6.03 Å². The Kier molecular flexibility index (Phi) is 8.14. The van der Waals surface area contributed by atoms with Crippen LogP contribution in [0.1, 0.15) is 24.7 Å². The summed E-state index contributed by atoms with van der Waals surface area (Å²) in [5.41, 5.74) is 1.86. The number of hydrogen-bond donors (Lipinski definition) is 2. The molecule has 0 saturated carbocycles. The Hall–Kier alpha value is -1.84. The van der Waals surface area contributed by atoms with Crippen molar-refractivity contribution in [2.45, 2.75) is 27.8 Å². The smallest absolute Gasteiger partial charge is 0.321 e. The molecule has 26 heavy (non-hydrogen) atoms. The van der Waals surface area contributed by atoms with Crippen molar-refractivity contribution in [3.8, 4) is 0 Å². The van der Waals surface area contributed by atoms with Crippen LogP contribution in [0, 0.1) is 0 Å². The minimum atomic E-state index is -0.592. The molecule has 0 fully saturated rings. The Bertz CT molecular complexity index is 764. The van der Waals surface area contributed by atoms with Gasteiger partial charge in [-0.3, -0.25) is 10.1 Å². The summed E-state index contributed by atoms with van der Waals surface area (Å²) in [6.07, 6.45) is 0. The standard InChI is InChI=1S/C17H20N4O2S3/c1-4-18-15(23)19-14(22)13(12-8-6-5-7-9-12)25-17-21-20-16(26-17)24-10-11(2)3/h5-9,13H,2,4,10H2,1,3H3,(H2,18,19,22,23)/t13-/m0/s1. The molecule has 138 valence electrons. The van der Waals surface area contributed by atoms with Gasteiger partial charge in [0.1, 0.15) is 5.25 Å². The average Bonchev–Trinajstić information content (AvgIpc) is 3.06. The van der Waals surface area contributed by atoms with E-state index in [0.29, 0.717) is 10.9 Å². The summed E-state index contributed by atoms with van der Waals surface area (Å²) in [6, 6.07) is 8.80. The van der Waals surface area contributed by atoms with Gasteiger partial charge in [0, 0.05) is 12.3 Å². The van der Waals surface area contributed by atoms with Crippen molar-refractivity contribution in [2.24, 2.45) is 0 Å². The zero-order valence-electron chi connectivity index (χ0n) is 14.5. The lowest BCUT2D eigenvalue weighted by Gasteiger charge is -2.15. The Morgan fingerprint density at radius 1 is 1.23 bits per heavy atom. The van der Waals surface area contributed by atoms with Crippen molar-refractivity contribution in [3.05, 3.63) is 48.0 Å². The Morgan fingerprint density at radius 2 is 1.92 bits per heavy atom. The monoisotopic (exact) mass is 408 g/mol. The van der Waals surface area contributed by atoms with Gasteiger partial charge in [0.2, 0.25) is 5.91 Å². The molecular formula is C17H20N4O2S3. The molecule has 3 amide bonds. The van der Waals surface area contributed by atoms with E-state index in [4.69, 9.17) is 0 Å². The zero-order chi connectivity index (χ0) is 18.9. The van der Waals surface area contributed by atoms with Gasteiger partial charge < -0.3 is 5.32 Å². The van der Waals surface area contributed by atoms with E-state index in [9.17, 15) is 9.59 Å². The number of imide groups is 1. The molecule has 0 bridgehead atoms. The number of carbonyl (C=O) groups excluding carboxylic acids is 2. The maximum atomic E-state index is 12.6. The van der Waals surface area contributed by atoms with Crippen molar-refractivity contribution in [1.82, 2.24) is 20.8 Å². The SMILES string of the molecule is C=C(C)CSc1nnc(S[C@H](C(=O)NC(=O)NCC)c2ccccc2)s1. The molecule has 0 radical (unpaired) electrons. The third-order valence-electron chi connectivity index (χ3n) is 2.96. The van der Waals surface area contributed by atoms with Gasteiger partial charge in [-0.2, -0.15) is 0 Å². The van der Waals surface area contributed by atoms with Crippen LogP contribution in [0.3, 0.4) is 0 Å². The maximum Gasteiger partial charge on any atom is 0.321 e. The number of hydrogen-bond acceptors (Lipinski definition) is 7. The maximum absolute atomic E-state index is 12.6. The number of nitrogens with zero attached hydrogens (tertiary/aromatic N) is 2. The minimum absolute atomic E-state index is 0.390. The third kappa shape index (κ3) is 6.47. The number of nitrogens with one attached hydrogen (secondary N) is 2. The Balaban J connectivity index is 2.13. The van der Waals surface area contributed by atoms with Crippen LogP contribution < -0.4 is 10.6 Å². The number of thioether (sulfide) groups is 2. The zero-order valence-corrected chi connectivity index (χ0v) is 17.0. The molecule has 2 aromatic rings. The summed E-state index contributed by atoms with van der Waals surface area (Å²) < 4.78 is 1.50. The highest BCUT2D eigenvalue weighted by Crippen LogP contribution is 2.38. The minimum Gasteiger partial charge on any atom is -0.338 e.